The van der Waals surface area contributed by atoms with Crippen molar-refractivity contribution >= 4 is 40.9 Å². The molecule has 20 heavy (non-hydrogen) atoms. The standard InChI is InChI=1S/C14H17ClN2O2S/c1-3-17(4-2)13(18)8-12-14(19)16-10-7-9(15)5-6-11(10)20-12/h5-7,12H,3-4,8H2,1-2H3,(H,16,19)/t12-/m1/s1. The van der Waals surface area contributed by atoms with Gasteiger partial charge in [-0.1, -0.05) is 11.6 Å². The molecule has 1 aromatic carbocycles. The van der Waals surface area contributed by atoms with Crippen LogP contribution in [0.5, 0.6) is 0 Å². The smallest absolute Gasteiger partial charge is 0.238 e. The molecule has 0 bridgehead atoms. The zero-order valence-electron chi connectivity index (χ0n) is 11.5. The van der Waals surface area contributed by atoms with Crippen molar-refractivity contribution in [3.05, 3.63) is 23.2 Å². The van der Waals surface area contributed by atoms with Gasteiger partial charge in [0.1, 0.15) is 0 Å². The quantitative estimate of drug-likeness (QED) is 0.929. The van der Waals surface area contributed by atoms with Crippen molar-refractivity contribution in [3.63, 3.8) is 0 Å². The fourth-order valence-corrected chi connectivity index (χ4v) is 3.38. The predicted molar refractivity (Wildman–Crippen MR) is 82.3 cm³/mol. The van der Waals surface area contributed by atoms with Gasteiger partial charge < -0.3 is 10.2 Å². The summed E-state index contributed by atoms with van der Waals surface area (Å²) in [5, 5.41) is 3.02. The van der Waals surface area contributed by atoms with E-state index in [9.17, 15) is 9.59 Å². The van der Waals surface area contributed by atoms with E-state index in [-0.39, 0.29) is 23.5 Å². The first-order valence-corrected chi connectivity index (χ1v) is 7.85. The molecule has 0 aliphatic carbocycles. The van der Waals surface area contributed by atoms with Crippen molar-refractivity contribution in [2.45, 2.75) is 30.4 Å². The molecule has 1 N–H and O–H groups in total. The molecular weight excluding hydrogens is 296 g/mol. The van der Waals surface area contributed by atoms with Gasteiger partial charge in [-0.2, -0.15) is 0 Å². The van der Waals surface area contributed by atoms with E-state index in [0.717, 1.165) is 10.6 Å². The second-order valence-corrected chi connectivity index (χ2v) is 6.19. The van der Waals surface area contributed by atoms with Crippen LogP contribution in [0.3, 0.4) is 0 Å². The lowest BCUT2D eigenvalue weighted by Gasteiger charge is -2.26. The number of halogens is 1. The normalized spacial score (nSPS) is 17.4. The first-order valence-electron chi connectivity index (χ1n) is 6.60. The highest BCUT2D eigenvalue weighted by molar-refractivity contribution is 8.01. The molecule has 1 atom stereocenters. The van der Waals surface area contributed by atoms with Gasteiger partial charge in [0.15, 0.2) is 0 Å². The number of rotatable bonds is 4. The van der Waals surface area contributed by atoms with E-state index in [0.29, 0.717) is 18.1 Å². The molecule has 1 aromatic rings. The van der Waals surface area contributed by atoms with Crippen molar-refractivity contribution in [1.29, 1.82) is 0 Å². The molecule has 0 spiro atoms. The minimum atomic E-state index is -0.378. The molecule has 1 heterocycles. The van der Waals surface area contributed by atoms with E-state index < -0.39 is 0 Å². The third-order valence-electron chi connectivity index (χ3n) is 3.24. The fraction of sp³-hybridized carbons (Fsp3) is 0.429. The summed E-state index contributed by atoms with van der Waals surface area (Å²) < 4.78 is 0. The zero-order valence-corrected chi connectivity index (χ0v) is 13.1. The Labute approximate surface area is 127 Å². The van der Waals surface area contributed by atoms with Gasteiger partial charge in [-0.05, 0) is 32.0 Å². The Hall–Kier alpha value is -1.20. The van der Waals surface area contributed by atoms with E-state index >= 15 is 0 Å². The number of hydrogen-bond acceptors (Lipinski definition) is 3. The first-order chi connectivity index (χ1) is 9.55. The summed E-state index contributed by atoms with van der Waals surface area (Å²) >= 11 is 7.33. The second-order valence-electron chi connectivity index (χ2n) is 4.51. The van der Waals surface area contributed by atoms with E-state index in [1.807, 2.05) is 19.9 Å². The Balaban J connectivity index is 2.10. The number of carbonyl (C=O) groups is 2. The Morgan fingerprint density at radius 3 is 2.75 bits per heavy atom. The fourth-order valence-electron chi connectivity index (χ4n) is 2.12. The van der Waals surface area contributed by atoms with E-state index in [2.05, 4.69) is 5.32 Å². The molecule has 0 fully saturated rings. The highest BCUT2D eigenvalue weighted by Gasteiger charge is 2.30. The lowest BCUT2D eigenvalue weighted by molar-refractivity contribution is -0.132. The van der Waals surface area contributed by atoms with Crippen molar-refractivity contribution in [2.24, 2.45) is 0 Å². The topological polar surface area (TPSA) is 49.4 Å². The summed E-state index contributed by atoms with van der Waals surface area (Å²) in [5.74, 6) is -0.120. The van der Waals surface area contributed by atoms with E-state index in [1.54, 1.807) is 17.0 Å². The number of hydrogen-bond donors (Lipinski definition) is 1. The van der Waals surface area contributed by atoms with Gasteiger partial charge in [-0.3, -0.25) is 9.59 Å². The molecular formula is C14H17ClN2O2S. The van der Waals surface area contributed by atoms with Crippen LogP contribution in [0.25, 0.3) is 0 Å². The van der Waals surface area contributed by atoms with E-state index in [4.69, 9.17) is 11.6 Å². The summed E-state index contributed by atoms with van der Waals surface area (Å²) in [7, 11) is 0. The van der Waals surface area contributed by atoms with Crippen LogP contribution in [0, 0.1) is 0 Å². The number of benzene rings is 1. The number of fused-ring (bicyclic) bond motifs is 1. The van der Waals surface area contributed by atoms with Crippen LogP contribution < -0.4 is 5.32 Å². The average molecular weight is 313 g/mol. The lowest BCUT2D eigenvalue weighted by atomic mass is 10.2. The number of nitrogens with one attached hydrogen (secondary N) is 1. The maximum atomic E-state index is 12.1. The summed E-state index contributed by atoms with van der Waals surface area (Å²) in [6.45, 7) is 5.21. The molecule has 0 radical (unpaired) electrons. The summed E-state index contributed by atoms with van der Waals surface area (Å²) in [4.78, 5) is 26.8. The minimum absolute atomic E-state index is 0.0139. The molecule has 0 aromatic heterocycles. The highest BCUT2D eigenvalue weighted by Crippen LogP contribution is 2.38. The number of nitrogens with zero attached hydrogens (tertiary/aromatic N) is 1. The summed E-state index contributed by atoms with van der Waals surface area (Å²) in [6, 6.07) is 5.38. The third kappa shape index (κ3) is 3.27. The molecule has 2 rings (SSSR count). The number of amides is 2. The van der Waals surface area contributed by atoms with Crippen LogP contribution in [0.4, 0.5) is 5.69 Å². The van der Waals surface area contributed by atoms with Crippen LogP contribution in [-0.2, 0) is 9.59 Å². The van der Waals surface area contributed by atoms with Gasteiger partial charge in [0.05, 0.1) is 10.9 Å². The SMILES string of the molecule is CCN(CC)C(=O)C[C@H]1Sc2ccc(Cl)cc2NC1=O. The maximum absolute atomic E-state index is 12.1. The van der Waals surface area contributed by atoms with Crippen LogP contribution in [0.2, 0.25) is 5.02 Å². The Morgan fingerprint density at radius 1 is 1.40 bits per heavy atom. The molecule has 108 valence electrons. The Kier molecular flexibility index (Phi) is 4.94. The monoisotopic (exact) mass is 312 g/mol. The number of thioether (sulfide) groups is 1. The van der Waals surface area contributed by atoms with Crippen LogP contribution in [-0.4, -0.2) is 35.1 Å². The van der Waals surface area contributed by atoms with Gasteiger partial charge >= 0.3 is 0 Å². The molecule has 6 heteroatoms. The lowest BCUT2D eigenvalue weighted by Crippen LogP contribution is -2.37. The minimum Gasteiger partial charge on any atom is -0.343 e. The molecule has 1 aliphatic rings. The molecule has 0 saturated carbocycles. The molecule has 0 unspecified atom stereocenters. The van der Waals surface area contributed by atoms with Crippen LogP contribution in [0.1, 0.15) is 20.3 Å². The van der Waals surface area contributed by atoms with E-state index in [1.165, 1.54) is 11.8 Å². The summed E-state index contributed by atoms with van der Waals surface area (Å²) in [5.41, 5.74) is 0.721. The second kappa shape index (κ2) is 6.50. The third-order valence-corrected chi connectivity index (χ3v) is 4.75. The number of carbonyl (C=O) groups excluding carboxylic acids is 2. The molecule has 1 aliphatic heterocycles. The predicted octanol–water partition coefficient (Wildman–Crippen LogP) is 3.01. The largest absolute Gasteiger partial charge is 0.343 e. The van der Waals surface area contributed by atoms with Gasteiger partial charge in [0, 0.05) is 29.4 Å². The van der Waals surface area contributed by atoms with Gasteiger partial charge in [-0.15, -0.1) is 11.8 Å². The van der Waals surface area contributed by atoms with Crippen LogP contribution in [0.15, 0.2) is 23.1 Å². The van der Waals surface area contributed by atoms with Gasteiger partial charge in [-0.25, -0.2) is 0 Å². The van der Waals surface area contributed by atoms with Gasteiger partial charge in [0.25, 0.3) is 0 Å². The highest BCUT2D eigenvalue weighted by atomic mass is 35.5. The average Bonchev–Trinajstić information content (AvgIpc) is 2.41. The van der Waals surface area contributed by atoms with Crippen molar-refractivity contribution in [3.8, 4) is 0 Å². The number of anilines is 1. The molecule has 0 saturated heterocycles. The zero-order chi connectivity index (χ0) is 14.7. The Morgan fingerprint density at radius 2 is 2.10 bits per heavy atom. The van der Waals surface area contributed by atoms with Crippen molar-refractivity contribution in [2.75, 3.05) is 18.4 Å². The summed E-state index contributed by atoms with van der Waals surface area (Å²) in [6.07, 6.45) is 0.222. The Bertz CT molecular complexity index is 532. The van der Waals surface area contributed by atoms with Crippen molar-refractivity contribution < 1.29 is 9.59 Å². The molecule has 4 nitrogen and oxygen atoms in total. The first kappa shape index (κ1) is 15.2. The van der Waals surface area contributed by atoms with Crippen LogP contribution >= 0.6 is 23.4 Å². The van der Waals surface area contributed by atoms with Gasteiger partial charge in [0.2, 0.25) is 11.8 Å². The van der Waals surface area contributed by atoms with Crippen molar-refractivity contribution in [1.82, 2.24) is 4.90 Å². The molecule has 2 amide bonds. The maximum Gasteiger partial charge on any atom is 0.238 e.